The molecule has 2 amide bonds. The Morgan fingerprint density at radius 1 is 0.931 bits per heavy atom. The molecular formula is C23H40N4O2+2. The fraction of sp³-hybridized carbons (Fsp3) is 0.652. The number of quaternary nitrogens is 2. The summed E-state index contributed by atoms with van der Waals surface area (Å²) < 4.78 is 0. The zero-order chi connectivity index (χ0) is 21.2. The maximum Gasteiger partial charge on any atom is 0.279 e. The molecule has 0 aliphatic carbocycles. The zero-order valence-corrected chi connectivity index (χ0v) is 18.6. The molecule has 1 atom stereocenters. The maximum absolute atomic E-state index is 12.4. The van der Waals surface area contributed by atoms with Crippen molar-refractivity contribution >= 4 is 17.5 Å². The van der Waals surface area contributed by atoms with Crippen LogP contribution in [0.5, 0.6) is 0 Å². The molecular weight excluding hydrogens is 364 g/mol. The van der Waals surface area contributed by atoms with E-state index < -0.39 is 0 Å². The van der Waals surface area contributed by atoms with Crippen LogP contribution in [0.2, 0.25) is 0 Å². The fourth-order valence-electron chi connectivity index (χ4n) is 3.89. The highest BCUT2D eigenvalue weighted by Gasteiger charge is 2.26. The molecule has 29 heavy (non-hydrogen) atoms. The van der Waals surface area contributed by atoms with Crippen LogP contribution >= 0.6 is 0 Å². The van der Waals surface area contributed by atoms with Crippen molar-refractivity contribution in [2.75, 3.05) is 44.6 Å². The standard InChI is InChI=1S/C23H38N4O2/c1-5-20-8-6-7-9-21(20)25-23(29)17-27-14-12-26(13-15-27)16-22(28)24-19(4)11-10-18(2)3/h6-9,18-19H,5,10-17H2,1-4H3,(H,24,28)(H,25,29)/p+2/t19-/m1/s1. The van der Waals surface area contributed by atoms with Gasteiger partial charge in [0.05, 0.1) is 0 Å². The molecule has 0 saturated carbocycles. The molecule has 162 valence electrons. The summed E-state index contributed by atoms with van der Waals surface area (Å²) in [5.74, 6) is 0.887. The minimum Gasteiger partial charge on any atom is -0.349 e. The van der Waals surface area contributed by atoms with Gasteiger partial charge in [0.2, 0.25) is 0 Å². The molecule has 0 unspecified atom stereocenters. The van der Waals surface area contributed by atoms with E-state index in [1.165, 1.54) is 15.4 Å². The van der Waals surface area contributed by atoms with Gasteiger partial charge in [0, 0.05) is 11.7 Å². The van der Waals surface area contributed by atoms with Gasteiger partial charge >= 0.3 is 0 Å². The minimum absolute atomic E-state index is 0.0704. The molecule has 0 radical (unpaired) electrons. The van der Waals surface area contributed by atoms with Crippen LogP contribution in [-0.4, -0.2) is 57.1 Å². The van der Waals surface area contributed by atoms with Gasteiger partial charge in [-0.1, -0.05) is 39.0 Å². The monoisotopic (exact) mass is 404 g/mol. The Morgan fingerprint density at radius 3 is 2.10 bits per heavy atom. The van der Waals surface area contributed by atoms with Gasteiger partial charge in [-0.25, -0.2) is 0 Å². The summed E-state index contributed by atoms with van der Waals surface area (Å²) in [6.07, 6.45) is 3.08. The lowest BCUT2D eigenvalue weighted by Crippen LogP contribution is -3.28. The molecule has 0 bridgehead atoms. The van der Waals surface area contributed by atoms with Crippen LogP contribution in [0.1, 0.15) is 46.1 Å². The third-order valence-electron chi connectivity index (χ3n) is 5.74. The van der Waals surface area contributed by atoms with Crippen LogP contribution < -0.4 is 20.4 Å². The molecule has 6 heteroatoms. The van der Waals surface area contributed by atoms with Crippen molar-refractivity contribution < 1.29 is 19.4 Å². The maximum atomic E-state index is 12.4. The van der Waals surface area contributed by atoms with Crippen LogP contribution in [0.3, 0.4) is 0 Å². The Hall–Kier alpha value is -1.92. The summed E-state index contributed by atoms with van der Waals surface area (Å²) in [7, 11) is 0. The number of benzene rings is 1. The lowest BCUT2D eigenvalue weighted by atomic mass is 10.0. The molecule has 4 N–H and O–H groups in total. The largest absolute Gasteiger partial charge is 0.349 e. The number of amides is 2. The second kappa shape index (κ2) is 11.9. The summed E-state index contributed by atoms with van der Waals surface area (Å²) in [5.41, 5.74) is 2.09. The Balaban J connectivity index is 1.68. The van der Waals surface area contributed by atoms with Gasteiger partial charge in [-0.3, -0.25) is 9.59 Å². The van der Waals surface area contributed by atoms with Crippen molar-refractivity contribution in [1.29, 1.82) is 0 Å². The highest BCUT2D eigenvalue weighted by atomic mass is 16.2. The zero-order valence-electron chi connectivity index (χ0n) is 18.6. The Kier molecular flexibility index (Phi) is 9.61. The van der Waals surface area contributed by atoms with E-state index in [9.17, 15) is 9.59 Å². The first kappa shape index (κ1) is 23.4. The van der Waals surface area contributed by atoms with Gasteiger partial charge < -0.3 is 20.4 Å². The highest BCUT2D eigenvalue weighted by molar-refractivity contribution is 5.92. The lowest BCUT2D eigenvalue weighted by molar-refractivity contribution is -1.00. The summed E-state index contributed by atoms with van der Waals surface area (Å²) in [4.78, 5) is 27.3. The van der Waals surface area contributed by atoms with Crippen LogP contribution in [0.15, 0.2) is 24.3 Å². The van der Waals surface area contributed by atoms with Crippen LogP contribution in [0.4, 0.5) is 5.69 Å². The molecule has 1 aromatic carbocycles. The Morgan fingerprint density at radius 2 is 1.52 bits per heavy atom. The molecule has 1 aliphatic heterocycles. The summed E-state index contributed by atoms with van der Waals surface area (Å²) in [6.45, 7) is 13.4. The Labute approximate surface area is 176 Å². The smallest absolute Gasteiger partial charge is 0.279 e. The third-order valence-corrected chi connectivity index (χ3v) is 5.74. The summed E-state index contributed by atoms with van der Waals surface area (Å²) >= 11 is 0. The van der Waals surface area contributed by atoms with E-state index >= 15 is 0 Å². The number of para-hydroxylation sites is 1. The van der Waals surface area contributed by atoms with Crippen LogP contribution in [0, 0.1) is 5.92 Å². The van der Waals surface area contributed by atoms with Crippen LogP contribution in [0.25, 0.3) is 0 Å². The quantitative estimate of drug-likeness (QED) is 0.440. The number of carbonyl (C=O) groups is 2. The fourth-order valence-corrected chi connectivity index (χ4v) is 3.89. The van der Waals surface area contributed by atoms with E-state index in [1.54, 1.807) is 0 Å². The molecule has 1 aliphatic rings. The summed E-state index contributed by atoms with van der Waals surface area (Å²) in [6, 6.07) is 8.22. The van der Waals surface area contributed by atoms with E-state index in [4.69, 9.17) is 0 Å². The van der Waals surface area contributed by atoms with E-state index in [0.717, 1.165) is 51.1 Å². The van der Waals surface area contributed by atoms with E-state index in [-0.39, 0.29) is 17.9 Å². The van der Waals surface area contributed by atoms with E-state index in [0.29, 0.717) is 19.0 Å². The first-order valence-electron chi connectivity index (χ1n) is 11.2. The van der Waals surface area contributed by atoms with Gasteiger partial charge in [0.1, 0.15) is 26.2 Å². The topological polar surface area (TPSA) is 67.1 Å². The number of piperazine rings is 1. The number of carbonyl (C=O) groups excluding carboxylic acids is 2. The number of aryl methyl sites for hydroxylation is 1. The minimum atomic E-state index is 0.0704. The van der Waals surface area contributed by atoms with Crippen molar-refractivity contribution in [2.24, 2.45) is 5.92 Å². The number of hydrogen-bond acceptors (Lipinski definition) is 2. The number of rotatable bonds is 10. The molecule has 0 spiro atoms. The number of anilines is 1. The average molecular weight is 405 g/mol. The highest BCUT2D eigenvalue weighted by Crippen LogP contribution is 2.14. The lowest BCUT2D eigenvalue weighted by Gasteiger charge is -2.29. The molecule has 6 nitrogen and oxygen atoms in total. The Bertz CT molecular complexity index is 654. The van der Waals surface area contributed by atoms with E-state index in [2.05, 4.69) is 44.4 Å². The first-order chi connectivity index (χ1) is 13.9. The number of hydrogen-bond donors (Lipinski definition) is 4. The molecule has 2 rings (SSSR count). The molecule has 1 fully saturated rings. The normalized spacial score (nSPS) is 20.3. The number of nitrogens with one attached hydrogen (secondary N) is 4. The average Bonchev–Trinajstić information content (AvgIpc) is 2.68. The summed E-state index contributed by atoms with van der Waals surface area (Å²) in [5, 5.41) is 6.20. The first-order valence-corrected chi connectivity index (χ1v) is 11.2. The SMILES string of the molecule is CCc1ccccc1NC(=O)C[NH+]1CC[NH+](CC(=O)N[C@H](C)CCC(C)C)CC1. The van der Waals surface area contributed by atoms with Gasteiger partial charge in [0.25, 0.3) is 11.8 Å². The van der Waals surface area contributed by atoms with Crippen molar-refractivity contribution in [2.45, 2.75) is 53.0 Å². The van der Waals surface area contributed by atoms with Crippen molar-refractivity contribution in [1.82, 2.24) is 5.32 Å². The van der Waals surface area contributed by atoms with E-state index in [1.807, 2.05) is 18.2 Å². The van der Waals surface area contributed by atoms with Gasteiger partial charge in [0.15, 0.2) is 13.1 Å². The van der Waals surface area contributed by atoms with Crippen molar-refractivity contribution in [3.63, 3.8) is 0 Å². The predicted molar refractivity (Wildman–Crippen MR) is 117 cm³/mol. The molecule has 1 aromatic rings. The second-order valence-electron chi connectivity index (χ2n) is 8.85. The van der Waals surface area contributed by atoms with Gasteiger partial charge in [-0.15, -0.1) is 0 Å². The molecule has 1 heterocycles. The van der Waals surface area contributed by atoms with Crippen molar-refractivity contribution in [3.8, 4) is 0 Å². The van der Waals surface area contributed by atoms with Crippen LogP contribution in [-0.2, 0) is 16.0 Å². The van der Waals surface area contributed by atoms with Gasteiger partial charge in [-0.2, -0.15) is 0 Å². The second-order valence-corrected chi connectivity index (χ2v) is 8.85. The third kappa shape index (κ3) is 8.54. The predicted octanol–water partition coefficient (Wildman–Crippen LogP) is -0.0882. The molecule has 0 aromatic heterocycles. The molecule has 1 saturated heterocycles. The van der Waals surface area contributed by atoms with Gasteiger partial charge in [-0.05, 0) is 43.7 Å². The van der Waals surface area contributed by atoms with Crippen molar-refractivity contribution in [3.05, 3.63) is 29.8 Å².